The molecule has 0 saturated carbocycles. The SMILES string of the molecule is COc1cc(C#N)cc2cc(C[P+](c3ccccc3)(c3ccccc3)c3ccccc3)oc12. The summed E-state index contributed by atoms with van der Waals surface area (Å²) in [6, 6.07) is 40.0. The molecule has 0 radical (unpaired) electrons. The molecular formula is C29H23NO2P+. The highest BCUT2D eigenvalue weighted by molar-refractivity contribution is 7.95. The topological polar surface area (TPSA) is 46.2 Å². The summed E-state index contributed by atoms with van der Waals surface area (Å²) in [4.78, 5) is 0. The summed E-state index contributed by atoms with van der Waals surface area (Å²) in [6.07, 6.45) is 0.727. The smallest absolute Gasteiger partial charge is 0.176 e. The molecule has 0 fully saturated rings. The largest absolute Gasteiger partial charge is 0.493 e. The Kier molecular flexibility index (Phi) is 5.69. The molecule has 0 atom stereocenters. The normalized spacial score (nSPS) is 11.3. The van der Waals surface area contributed by atoms with Crippen LogP contribution < -0.4 is 20.7 Å². The van der Waals surface area contributed by atoms with Gasteiger partial charge in [0, 0.05) is 11.5 Å². The van der Waals surface area contributed by atoms with E-state index in [2.05, 4.69) is 103 Å². The number of ether oxygens (including phenoxy) is 1. The highest BCUT2D eigenvalue weighted by Gasteiger charge is 2.46. The number of benzene rings is 4. The fourth-order valence-electron chi connectivity index (χ4n) is 4.47. The van der Waals surface area contributed by atoms with E-state index in [1.54, 1.807) is 13.2 Å². The second kappa shape index (κ2) is 8.94. The summed E-state index contributed by atoms with van der Waals surface area (Å²) in [6.45, 7) is 0. The highest BCUT2D eigenvalue weighted by atomic mass is 31.2. The van der Waals surface area contributed by atoms with E-state index in [-0.39, 0.29) is 0 Å². The van der Waals surface area contributed by atoms with E-state index < -0.39 is 7.26 Å². The molecular weight excluding hydrogens is 425 g/mol. The number of nitriles is 1. The van der Waals surface area contributed by atoms with Crippen molar-refractivity contribution >= 4 is 34.1 Å². The van der Waals surface area contributed by atoms with Gasteiger partial charge in [-0.05, 0) is 48.5 Å². The van der Waals surface area contributed by atoms with Crippen LogP contribution in [0, 0.1) is 11.3 Å². The van der Waals surface area contributed by atoms with Crippen molar-refractivity contribution in [2.24, 2.45) is 0 Å². The molecule has 0 unspecified atom stereocenters. The molecule has 0 aliphatic heterocycles. The lowest BCUT2D eigenvalue weighted by atomic mass is 10.1. The number of rotatable bonds is 6. The third-order valence-electron chi connectivity index (χ3n) is 5.97. The third kappa shape index (κ3) is 3.80. The van der Waals surface area contributed by atoms with Gasteiger partial charge in [-0.2, -0.15) is 5.26 Å². The summed E-state index contributed by atoms with van der Waals surface area (Å²) in [7, 11) is -0.468. The number of hydrogen-bond donors (Lipinski definition) is 0. The van der Waals surface area contributed by atoms with Gasteiger partial charge in [-0.25, -0.2) is 0 Å². The standard InChI is InChI=1S/C29H23NO2P/c1-31-28-18-22(20-30)17-23-19-24(32-29(23)28)21-33(25-11-5-2-6-12-25,26-13-7-3-8-14-26)27-15-9-4-10-16-27/h2-19H,21H2,1H3/q+1. The minimum absolute atomic E-state index is 0.557. The zero-order valence-electron chi connectivity index (χ0n) is 18.3. The number of furan rings is 1. The van der Waals surface area contributed by atoms with Crippen molar-refractivity contribution in [1.82, 2.24) is 0 Å². The number of methoxy groups -OCH3 is 1. The second-order valence-electron chi connectivity index (χ2n) is 7.90. The molecule has 3 nitrogen and oxygen atoms in total. The lowest BCUT2D eigenvalue weighted by Gasteiger charge is -2.26. The van der Waals surface area contributed by atoms with Crippen molar-refractivity contribution in [3.05, 3.63) is 121 Å². The monoisotopic (exact) mass is 448 g/mol. The summed E-state index contributed by atoms with van der Waals surface area (Å²) < 4.78 is 11.9. The highest BCUT2D eigenvalue weighted by Crippen LogP contribution is 2.58. The molecule has 0 aliphatic carbocycles. The number of nitrogens with zero attached hydrogens (tertiary/aromatic N) is 1. The molecule has 1 heterocycles. The Hall–Kier alpha value is -3.86. The molecule has 0 saturated heterocycles. The van der Waals surface area contributed by atoms with Crippen LogP contribution in [0.1, 0.15) is 11.3 Å². The van der Waals surface area contributed by atoms with Crippen LogP contribution in [-0.4, -0.2) is 7.11 Å². The fraction of sp³-hybridized carbons (Fsp3) is 0.0690. The average Bonchev–Trinajstić information content (AvgIpc) is 3.30. The fourth-order valence-corrected chi connectivity index (χ4v) is 8.58. The minimum atomic E-state index is -2.07. The van der Waals surface area contributed by atoms with Crippen molar-refractivity contribution in [3.63, 3.8) is 0 Å². The molecule has 5 rings (SSSR count). The number of hydrogen-bond acceptors (Lipinski definition) is 3. The predicted molar refractivity (Wildman–Crippen MR) is 136 cm³/mol. The summed E-state index contributed by atoms with van der Waals surface area (Å²) in [5.74, 6) is 1.46. The van der Waals surface area contributed by atoms with Crippen molar-refractivity contribution in [2.45, 2.75) is 6.16 Å². The Morgan fingerprint density at radius 1 is 0.758 bits per heavy atom. The first-order chi connectivity index (χ1) is 16.2. The maximum Gasteiger partial charge on any atom is 0.176 e. The summed E-state index contributed by atoms with van der Waals surface area (Å²) >= 11 is 0. The van der Waals surface area contributed by atoms with Crippen LogP contribution in [0.25, 0.3) is 11.0 Å². The van der Waals surface area contributed by atoms with Crippen molar-refractivity contribution in [2.75, 3.05) is 7.11 Å². The zero-order valence-corrected chi connectivity index (χ0v) is 19.2. The Bertz CT molecular complexity index is 1320. The van der Waals surface area contributed by atoms with Crippen LogP contribution in [-0.2, 0) is 6.16 Å². The van der Waals surface area contributed by atoms with Crippen molar-refractivity contribution in [1.29, 1.82) is 5.26 Å². The van der Waals surface area contributed by atoms with Crippen LogP contribution >= 0.6 is 7.26 Å². The van der Waals surface area contributed by atoms with Gasteiger partial charge in [0.1, 0.15) is 35.1 Å². The van der Waals surface area contributed by atoms with Gasteiger partial charge >= 0.3 is 0 Å². The first-order valence-corrected chi connectivity index (χ1v) is 12.8. The quantitative estimate of drug-likeness (QED) is 0.308. The first kappa shape index (κ1) is 21.0. The van der Waals surface area contributed by atoms with E-state index in [1.807, 2.05) is 6.07 Å². The van der Waals surface area contributed by atoms with Crippen LogP contribution in [0.3, 0.4) is 0 Å². The summed E-state index contributed by atoms with van der Waals surface area (Å²) in [5.41, 5.74) is 1.24. The van der Waals surface area contributed by atoms with Crippen LogP contribution in [0.4, 0.5) is 0 Å². The Morgan fingerprint density at radius 2 is 1.27 bits per heavy atom. The van der Waals surface area contributed by atoms with Crippen molar-refractivity contribution < 1.29 is 9.15 Å². The lowest BCUT2D eigenvalue weighted by Crippen LogP contribution is -2.32. The predicted octanol–water partition coefficient (Wildman–Crippen LogP) is 5.81. The van der Waals surface area contributed by atoms with E-state index in [4.69, 9.17) is 9.15 Å². The van der Waals surface area contributed by atoms with Gasteiger partial charge in [0.2, 0.25) is 0 Å². The summed E-state index contributed by atoms with van der Waals surface area (Å²) in [5, 5.41) is 14.2. The van der Waals surface area contributed by atoms with Gasteiger partial charge in [-0.3, -0.25) is 0 Å². The second-order valence-corrected chi connectivity index (χ2v) is 11.4. The maximum absolute atomic E-state index is 9.43. The average molecular weight is 448 g/mol. The molecule has 0 bridgehead atoms. The van der Waals surface area contributed by atoms with Gasteiger partial charge in [-0.15, -0.1) is 0 Å². The lowest BCUT2D eigenvalue weighted by molar-refractivity contribution is 0.408. The molecule has 5 aromatic rings. The van der Waals surface area contributed by atoms with Gasteiger partial charge in [-0.1, -0.05) is 54.6 Å². The minimum Gasteiger partial charge on any atom is -0.493 e. The van der Waals surface area contributed by atoms with Crippen LogP contribution in [0.15, 0.2) is 114 Å². The Labute approximate surface area is 194 Å². The molecule has 0 amide bonds. The Morgan fingerprint density at radius 3 is 1.73 bits per heavy atom. The molecule has 0 aliphatic rings. The third-order valence-corrected chi connectivity index (χ3v) is 10.3. The van der Waals surface area contributed by atoms with Crippen LogP contribution in [0.5, 0.6) is 5.75 Å². The van der Waals surface area contributed by atoms with E-state index in [0.29, 0.717) is 16.9 Å². The molecule has 0 spiro atoms. The molecule has 4 heteroatoms. The zero-order chi connectivity index (χ0) is 22.7. The van der Waals surface area contributed by atoms with E-state index in [9.17, 15) is 5.26 Å². The van der Waals surface area contributed by atoms with Crippen LogP contribution in [0.2, 0.25) is 0 Å². The maximum atomic E-state index is 9.43. The molecule has 4 aromatic carbocycles. The molecule has 160 valence electrons. The molecule has 1 aromatic heterocycles. The Balaban J connectivity index is 1.76. The van der Waals surface area contributed by atoms with Crippen molar-refractivity contribution in [3.8, 4) is 11.8 Å². The van der Waals surface area contributed by atoms with E-state index >= 15 is 0 Å². The van der Waals surface area contributed by atoms with E-state index in [1.165, 1.54) is 15.9 Å². The van der Waals surface area contributed by atoms with Gasteiger partial charge in [0.05, 0.1) is 18.7 Å². The first-order valence-electron chi connectivity index (χ1n) is 10.8. The number of fused-ring (bicyclic) bond motifs is 1. The van der Waals surface area contributed by atoms with Gasteiger partial charge < -0.3 is 9.15 Å². The van der Waals surface area contributed by atoms with Gasteiger partial charge in [0.25, 0.3) is 0 Å². The van der Waals surface area contributed by atoms with Gasteiger partial charge in [0.15, 0.2) is 11.3 Å². The molecule has 0 N–H and O–H groups in total. The van der Waals surface area contributed by atoms with E-state index in [0.717, 1.165) is 17.3 Å². The molecule has 33 heavy (non-hydrogen) atoms.